The summed E-state index contributed by atoms with van der Waals surface area (Å²) in [4.78, 5) is 5.69. The van der Waals surface area contributed by atoms with Crippen LogP contribution in [0.15, 0.2) is 35.4 Å². The maximum Gasteiger partial charge on any atom is 0.419 e. The topological polar surface area (TPSA) is 94.7 Å². The molecule has 1 aromatic heterocycles. The lowest BCUT2D eigenvalue weighted by Crippen LogP contribution is -2.36. The standard InChI is InChI=1S/C20H22F3N3O4S/c21-20(22,23)18-9-14(11-25-19(18)24)13-7-15(26-2-5-29-6-3-26)10-17(8-13)31(27,28)16-1-4-30-12-16/h7-11,16H,1-6,12H2,(H2,24,25)/t16-/m1/s1. The number of aromatic nitrogens is 1. The second-order valence-corrected chi connectivity index (χ2v) is 9.73. The van der Waals surface area contributed by atoms with Crippen molar-refractivity contribution in [2.24, 2.45) is 0 Å². The van der Waals surface area contributed by atoms with Crippen LogP contribution in [-0.2, 0) is 25.5 Å². The molecule has 2 aromatic rings. The fourth-order valence-electron chi connectivity index (χ4n) is 3.73. The molecular formula is C20H22F3N3O4S. The van der Waals surface area contributed by atoms with E-state index < -0.39 is 32.6 Å². The van der Waals surface area contributed by atoms with Gasteiger partial charge in [0.15, 0.2) is 9.84 Å². The summed E-state index contributed by atoms with van der Waals surface area (Å²) in [6.07, 6.45) is -3.08. The van der Waals surface area contributed by atoms with E-state index in [-0.39, 0.29) is 17.1 Å². The molecule has 31 heavy (non-hydrogen) atoms. The van der Waals surface area contributed by atoms with Crippen LogP contribution in [0.5, 0.6) is 0 Å². The lowest BCUT2D eigenvalue weighted by Gasteiger charge is -2.30. The highest BCUT2D eigenvalue weighted by molar-refractivity contribution is 7.92. The van der Waals surface area contributed by atoms with Crippen LogP contribution in [0.1, 0.15) is 12.0 Å². The number of ether oxygens (including phenoxy) is 2. The number of alkyl halides is 3. The minimum atomic E-state index is -4.68. The summed E-state index contributed by atoms with van der Waals surface area (Å²) in [5.74, 6) is -0.628. The quantitative estimate of drug-likeness (QED) is 0.754. The molecule has 168 valence electrons. The lowest BCUT2D eigenvalue weighted by molar-refractivity contribution is -0.137. The van der Waals surface area contributed by atoms with Crippen LogP contribution in [0.25, 0.3) is 11.1 Å². The van der Waals surface area contributed by atoms with E-state index in [1.54, 1.807) is 12.1 Å². The number of benzene rings is 1. The van der Waals surface area contributed by atoms with Gasteiger partial charge in [0.2, 0.25) is 0 Å². The highest BCUT2D eigenvalue weighted by Gasteiger charge is 2.35. The summed E-state index contributed by atoms with van der Waals surface area (Å²) in [5, 5.41) is -0.685. The Hall–Kier alpha value is -2.37. The van der Waals surface area contributed by atoms with E-state index in [2.05, 4.69) is 4.98 Å². The number of rotatable bonds is 4. The van der Waals surface area contributed by atoms with Crippen molar-refractivity contribution in [2.45, 2.75) is 22.7 Å². The van der Waals surface area contributed by atoms with Gasteiger partial charge in [-0.15, -0.1) is 0 Å². The summed E-state index contributed by atoms with van der Waals surface area (Å²) < 4.78 is 77.0. The van der Waals surface area contributed by atoms with Crippen molar-refractivity contribution in [1.29, 1.82) is 0 Å². The van der Waals surface area contributed by atoms with Crippen LogP contribution in [0.4, 0.5) is 24.7 Å². The first-order valence-electron chi connectivity index (χ1n) is 9.79. The van der Waals surface area contributed by atoms with E-state index in [0.29, 0.717) is 50.6 Å². The zero-order valence-electron chi connectivity index (χ0n) is 16.6. The highest BCUT2D eigenvalue weighted by atomic mass is 32.2. The van der Waals surface area contributed by atoms with Gasteiger partial charge in [0.05, 0.1) is 35.5 Å². The number of nitrogens with two attached hydrogens (primary N) is 1. The number of hydrogen-bond acceptors (Lipinski definition) is 7. The molecule has 0 amide bonds. The number of sulfone groups is 1. The zero-order chi connectivity index (χ0) is 22.2. The number of hydrogen-bond donors (Lipinski definition) is 1. The molecule has 0 bridgehead atoms. The number of halogens is 3. The maximum absolute atomic E-state index is 13.3. The number of nitrogens with zero attached hydrogens (tertiary/aromatic N) is 2. The van der Waals surface area contributed by atoms with Crippen molar-refractivity contribution in [3.63, 3.8) is 0 Å². The largest absolute Gasteiger partial charge is 0.419 e. The summed E-state index contributed by atoms with van der Waals surface area (Å²) in [7, 11) is -3.73. The zero-order valence-corrected chi connectivity index (χ0v) is 17.4. The fourth-order valence-corrected chi connectivity index (χ4v) is 5.37. The second-order valence-electron chi connectivity index (χ2n) is 7.50. The van der Waals surface area contributed by atoms with Crippen LogP contribution < -0.4 is 10.6 Å². The first kappa shape index (κ1) is 21.8. The smallest absolute Gasteiger partial charge is 0.383 e. The molecule has 1 atom stereocenters. The Morgan fingerprint density at radius 1 is 1.03 bits per heavy atom. The van der Waals surface area contributed by atoms with Gasteiger partial charge in [0.25, 0.3) is 0 Å². The molecule has 2 aliphatic rings. The Balaban J connectivity index is 1.84. The minimum absolute atomic E-state index is 0.0485. The number of anilines is 2. The summed E-state index contributed by atoms with van der Waals surface area (Å²) in [6.45, 7) is 2.50. The van der Waals surface area contributed by atoms with Crippen LogP contribution in [0.3, 0.4) is 0 Å². The third kappa shape index (κ3) is 4.48. The van der Waals surface area contributed by atoms with Gasteiger partial charge in [0, 0.05) is 37.1 Å². The molecule has 1 aromatic carbocycles. The van der Waals surface area contributed by atoms with Crippen molar-refractivity contribution >= 4 is 21.3 Å². The molecule has 0 spiro atoms. The van der Waals surface area contributed by atoms with E-state index in [9.17, 15) is 21.6 Å². The summed E-state index contributed by atoms with van der Waals surface area (Å²) >= 11 is 0. The van der Waals surface area contributed by atoms with E-state index in [0.717, 1.165) is 6.07 Å². The van der Waals surface area contributed by atoms with E-state index >= 15 is 0 Å². The molecule has 0 unspecified atom stereocenters. The molecule has 3 heterocycles. The maximum atomic E-state index is 13.3. The van der Waals surface area contributed by atoms with Crippen molar-refractivity contribution in [1.82, 2.24) is 4.98 Å². The molecule has 2 saturated heterocycles. The van der Waals surface area contributed by atoms with Gasteiger partial charge < -0.3 is 20.1 Å². The van der Waals surface area contributed by atoms with Gasteiger partial charge in [-0.25, -0.2) is 13.4 Å². The van der Waals surface area contributed by atoms with E-state index in [1.807, 2.05) is 4.90 Å². The van der Waals surface area contributed by atoms with Gasteiger partial charge in [-0.2, -0.15) is 13.2 Å². The molecule has 2 aliphatic heterocycles. The number of nitrogen functional groups attached to an aromatic ring is 1. The number of morpholine rings is 1. The molecule has 7 nitrogen and oxygen atoms in total. The third-order valence-corrected chi connectivity index (χ3v) is 7.62. The average Bonchev–Trinajstić information content (AvgIpc) is 3.29. The van der Waals surface area contributed by atoms with Crippen LogP contribution in [0.2, 0.25) is 0 Å². The molecule has 0 saturated carbocycles. The lowest BCUT2D eigenvalue weighted by atomic mass is 10.0. The molecule has 2 fully saturated rings. The molecule has 4 rings (SSSR count). The monoisotopic (exact) mass is 457 g/mol. The third-order valence-electron chi connectivity index (χ3n) is 5.48. The van der Waals surface area contributed by atoms with E-state index in [4.69, 9.17) is 15.2 Å². The summed E-state index contributed by atoms with van der Waals surface area (Å²) in [6, 6.07) is 5.53. The predicted octanol–water partition coefficient (Wildman–Crippen LogP) is 2.75. The Labute approximate surface area is 177 Å². The van der Waals surface area contributed by atoms with Crippen molar-refractivity contribution in [3.8, 4) is 11.1 Å². The Kier molecular flexibility index (Phi) is 5.84. The fraction of sp³-hybridized carbons (Fsp3) is 0.450. The SMILES string of the molecule is Nc1ncc(-c2cc(N3CCOCC3)cc(S(=O)(=O)[C@@H]3CCOC3)c2)cc1C(F)(F)F. The second kappa shape index (κ2) is 8.29. The van der Waals surface area contributed by atoms with Crippen molar-refractivity contribution in [3.05, 3.63) is 36.0 Å². The number of pyridine rings is 1. The summed E-state index contributed by atoms with van der Waals surface area (Å²) in [5.41, 5.74) is 5.41. The molecular weight excluding hydrogens is 435 g/mol. The Morgan fingerprint density at radius 2 is 1.77 bits per heavy atom. The predicted molar refractivity (Wildman–Crippen MR) is 109 cm³/mol. The van der Waals surface area contributed by atoms with Gasteiger partial charge in [-0.3, -0.25) is 0 Å². The first-order valence-corrected chi connectivity index (χ1v) is 11.3. The van der Waals surface area contributed by atoms with Crippen molar-refractivity contribution < 1.29 is 31.1 Å². The Bertz CT molecular complexity index is 1060. The van der Waals surface area contributed by atoms with Crippen LogP contribution in [0, 0.1) is 0 Å². The highest BCUT2D eigenvalue weighted by Crippen LogP contribution is 2.37. The van der Waals surface area contributed by atoms with Crippen LogP contribution in [-0.4, -0.2) is 58.2 Å². The first-order chi connectivity index (χ1) is 14.7. The molecule has 0 radical (unpaired) electrons. The molecule has 2 N–H and O–H groups in total. The Morgan fingerprint density at radius 3 is 2.42 bits per heavy atom. The van der Waals surface area contributed by atoms with Gasteiger partial charge in [-0.1, -0.05) is 0 Å². The van der Waals surface area contributed by atoms with Gasteiger partial charge in [-0.05, 0) is 36.2 Å². The van der Waals surface area contributed by atoms with E-state index in [1.165, 1.54) is 12.3 Å². The molecule has 11 heteroatoms. The minimum Gasteiger partial charge on any atom is -0.383 e. The normalized spacial score (nSPS) is 20.2. The van der Waals surface area contributed by atoms with Crippen molar-refractivity contribution in [2.75, 3.05) is 50.2 Å². The average molecular weight is 457 g/mol. The molecule has 0 aliphatic carbocycles. The van der Waals surface area contributed by atoms with Crippen LogP contribution >= 0.6 is 0 Å². The van der Waals surface area contributed by atoms with Gasteiger partial charge in [0.1, 0.15) is 5.82 Å². The van der Waals surface area contributed by atoms with Gasteiger partial charge >= 0.3 is 6.18 Å².